The van der Waals surface area contributed by atoms with E-state index in [1.165, 1.54) is 11.1 Å². The van der Waals surface area contributed by atoms with Gasteiger partial charge in [0.25, 0.3) is 0 Å². The van der Waals surface area contributed by atoms with Gasteiger partial charge in [0.15, 0.2) is 5.96 Å². The van der Waals surface area contributed by atoms with Gasteiger partial charge in [-0.2, -0.15) is 0 Å². The van der Waals surface area contributed by atoms with E-state index in [1.54, 1.807) is 0 Å². The number of aryl methyl sites for hydroxylation is 2. The van der Waals surface area contributed by atoms with Crippen LogP contribution in [0.15, 0.2) is 23.2 Å². The zero-order valence-corrected chi connectivity index (χ0v) is 18.3. The van der Waals surface area contributed by atoms with Crippen LogP contribution in [0.4, 0.5) is 5.69 Å². The number of piperazine rings is 1. The van der Waals surface area contributed by atoms with E-state index in [0.29, 0.717) is 5.96 Å². The lowest BCUT2D eigenvalue weighted by Crippen LogP contribution is -2.46. The topological polar surface area (TPSA) is 56.9 Å². The lowest BCUT2D eigenvalue weighted by atomic mass is 10.0. The third-order valence-corrected chi connectivity index (χ3v) is 4.86. The normalized spacial score (nSPS) is 16.5. The van der Waals surface area contributed by atoms with Crippen LogP contribution in [-0.4, -0.2) is 61.6 Å². The molecule has 1 aliphatic heterocycles. The summed E-state index contributed by atoms with van der Waals surface area (Å²) >= 11 is 0. The maximum Gasteiger partial charge on any atom is 0.193 e. The molecular formula is C19H34IN5. The van der Waals surface area contributed by atoms with Gasteiger partial charge in [-0.15, -0.1) is 24.0 Å². The first-order valence-electron chi connectivity index (χ1n) is 9.30. The standard InChI is InChI=1S/C19H33N5.HI/c1-4-16-8-7-9-17(5-2)18(16)22-19(20)21-10-11-24-14-12-23(6-3)13-15-24;/h7-9H,4-6,10-15H2,1-3H3,(H3,20,21,22);1H. The minimum Gasteiger partial charge on any atom is -0.370 e. The molecule has 1 aromatic carbocycles. The summed E-state index contributed by atoms with van der Waals surface area (Å²) < 4.78 is 0. The maximum absolute atomic E-state index is 6.12. The Morgan fingerprint density at radius 2 is 1.60 bits per heavy atom. The van der Waals surface area contributed by atoms with Crippen LogP contribution in [0, 0.1) is 0 Å². The molecule has 0 saturated carbocycles. The van der Waals surface area contributed by atoms with E-state index >= 15 is 0 Å². The molecule has 1 heterocycles. The number of benzene rings is 1. The van der Waals surface area contributed by atoms with Gasteiger partial charge < -0.3 is 16.0 Å². The van der Waals surface area contributed by atoms with Crippen molar-refractivity contribution in [1.29, 1.82) is 0 Å². The molecule has 0 aliphatic carbocycles. The fraction of sp³-hybridized carbons (Fsp3) is 0.632. The quantitative estimate of drug-likeness (QED) is 0.374. The van der Waals surface area contributed by atoms with Gasteiger partial charge in [0, 0.05) is 38.4 Å². The summed E-state index contributed by atoms with van der Waals surface area (Å²) in [4.78, 5) is 9.49. The van der Waals surface area contributed by atoms with Crippen LogP contribution in [0.25, 0.3) is 0 Å². The van der Waals surface area contributed by atoms with Crippen molar-refractivity contribution >= 4 is 35.6 Å². The van der Waals surface area contributed by atoms with Gasteiger partial charge >= 0.3 is 0 Å². The van der Waals surface area contributed by atoms with Crippen LogP contribution in [0.2, 0.25) is 0 Å². The van der Waals surface area contributed by atoms with Crippen LogP contribution >= 0.6 is 24.0 Å². The van der Waals surface area contributed by atoms with E-state index in [9.17, 15) is 0 Å². The number of aliphatic imine (C=N–C) groups is 1. The molecule has 0 amide bonds. The Labute approximate surface area is 170 Å². The van der Waals surface area contributed by atoms with Gasteiger partial charge in [-0.05, 0) is 30.5 Å². The molecule has 2 rings (SSSR count). The highest BCUT2D eigenvalue weighted by Gasteiger charge is 2.14. The number of nitrogens with two attached hydrogens (primary N) is 1. The van der Waals surface area contributed by atoms with Gasteiger partial charge in [0.2, 0.25) is 0 Å². The van der Waals surface area contributed by atoms with Crippen molar-refractivity contribution in [3.05, 3.63) is 29.3 Å². The SMILES string of the molecule is CCc1cccc(CC)c1NC(N)=NCCN1CCN(CC)CC1.I. The van der Waals surface area contributed by atoms with Crippen LogP contribution in [0.3, 0.4) is 0 Å². The summed E-state index contributed by atoms with van der Waals surface area (Å²) in [5.41, 5.74) is 9.85. The van der Waals surface area contributed by atoms with E-state index in [2.05, 4.69) is 59.1 Å². The number of hydrogen-bond acceptors (Lipinski definition) is 3. The zero-order valence-electron chi connectivity index (χ0n) is 15.9. The Kier molecular flexibility index (Phi) is 10.4. The second-order valence-electron chi connectivity index (χ2n) is 6.33. The average molecular weight is 459 g/mol. The molecule has 25 heavy (non-hydrogen) atoms. The molecule has 0 radical (unpaired) electrons. The summed E-state index contributed by atoms with van der Waals surface area (Å²) in [5, 5.41) is 3.34. The number of nitrogens with zero attached hydrogens (tertiary/aromatic N) is 3. The Morgan fingerprint density at radius 3 is 2.12 bits per heavy atom. The number of likely N-dealkylation sites (N-methyl/N-ethyl adjacent to an activating group) is 1. The van der Waals surface area contributed by atoms with Crippen molar-refractivity contribution in [1.82, 2.24) is 9.80 Å². The predicted octanol–water partition coefficient (Wildman–Crippen LogP) is 2.79. The van der Waals surface area contributed by atoms with E-state index in [0.717, 1.165) is 64.3 Å². The van der Waals surface area contributed by atoms with Crippen LogP contribution in [-0.2, 0) is 12.8 Å². The van der Waals surface area contributed by atoms with E-state index in [4.69, 9.17) is 5.73 Å². The van der Waals surface area contributed by atoms with Crippen molar-refractivity contribution in [2.75, 3.05) is 51.1 Å². The van der Waals surface area contributed by atoms with Gasteiger partial charge in [-0.25, -0.2) is 0 Å². The fourth-order valence-electron chi connectivity index (χ4n) is 3.21. The first-order chi connectivity index (χ1) is 11.7. The fourth-order valence-corrected chi connectivity index (χ4v) is 3.21. The molecule has 1 aromatic rings. The molecule has 0 bridgehead atoms. The number of rotatable bonds is 7. The van der Waals surface area contributed by atoms with Crippen molar-refractivity contribution in [2.45, 2.75) is 33.6 Å². The Bertz CT molecular complexity index is 516. The number of hydrogen-bond donors (Lipinski definition) is 2. The highest BCUT2D eigenvalue weighted by Crippen LogP contribution is 2.22. The van der Waals surface area contributed by atoms with Gasteiger partial charge in [0.05, 0.1) is 6.54 Å². The monoisotopic (exact) mass is 459 g/mol. The van der Waals surface area contributed by atoms with Crippen LogP contribution < -0.4 is 11.1 Å². The number of halogens is 1. The minimum atomic E-state index is 0. The molecule has 1 aliphatic rings. The summed E-state index contributed by atoms with van der Waals surface area (Å²) in [5.74, 6) is 0.526. The first-order valence-corrected chi connectivity index (χ1v) is 9.30. The summed E-state index contributed by atoms with van der Waals surface area (Å²) in [7, 11) is 0. The summed E-state index contributed by atoms with van der Waals surface area (Å²) in [6, 6.07) is 6.43. The van der Waals surface area contributed by atoms with E-state index < -0.39 is 0 Å². The molecule has 0 spiro atoms. The molecule has 6 heteroatoms. The van der Waals surface area contributed by atoms with Crippen LogP contribution in [0.5, 0.6) is 0 Å². The molecule has 3 N–H and O–H groups in total. The molecule has 1 fully saturated rings. The largest absolute Gasteiger partial charge is 0.370 e. The molecular weight excluding hydrogens is 425 g/mol. The molecule has 0 aromatic heterocycles. The van der Waals surface area contributed by atoms with Crippen molar-refractivity contribution in [3.63, 3.8) is 0 Å². The summed E-state index contributed by atoms with van der Waals surface area (Å²) in [6.07, 6.45) is 1.98. The molecule has 0 atom stereocenters. The number of guanidine groups is 1. The summed E-state index contributed by atoms with van der Waals surface area (Å²) in [6.45, 7) is 14.0. The highest BCUT2D eigenvalue weighted by atomic mass is 127. The number of anilines is 1. The molecule has 0 unspecified atom stereocenters. The third kappa shape index (κ3) is 6.75. The Morgan fingerprint density at radius 1 is 1.04 bits per heavy atom. The average Bonchev–Trinajstić information content (AvgIpc) is 2.62. The van der Waals surface area contributed by atoms with E-state index in [-0.39, 0.29) is 24.0 Å². The van der Waals surface area contributed by atoms with Gasteiger partial charge in [0.1, 0.15) is 0 Å². The lowest BCUT2D eigenvalue weighted by Gasteiger charge is -2.33. The second kappa shape index (κ2) is 11.7. The Balaban J connectivity index is 0.00000312. The minimum absolute atomic E-state index is 0. The lowest BCUT2D eigenvalue weighted by molar-refractivity contribution is 0.140. The zero-order chi connectivity index (χ0) is 17.4. The first kappa shape index (κ1) is 22.2. The van der Waals surface area contributed by atoms with Gasteiger partial charge in [-0.3, -0.25) is 9.89 Å². The number of para-hydroxylation sites is 1. The smallest absolute Gasteiger partial charge is 0.193 e. The van der Waals surface area contributed by atoms with Crippen molar-refractivity contribution < 1.29 is 0 Å². The van der Waals surface area contributed by atoms with Crippen LogP contribution in [0.1, 0.15) is 31.9 Å². The Hall–Kier alpha value is -0.860. The maximum atomic E-state index is 6.12. The van der Waals surface area contributed by atoms with E-state index in [1.807, 2.05) is 0 Å². The second-order valence-corrected chi connectivity index (χ2v) is 6.33. The molecule has 142 valence electrons. The molecule has 1 saturated heterocycles. The van der Waals surface area contributed by atoms with Crippen molar-refractivity contribution in [2.24, 2.45) is 10.7 Å². The highest BCUT2D eigenvalue weighted by molar-refractivity contribution is 14.0. The third-order valence-electron chi connectivity index (χ3n) is 4.86. The van der Waals surface area contributed by atoms with Crippen molar-refractivity contribution in [3.8, 4) is 0 Å². The van der Waals surface area contributed by atoms with Gasteiger partial charge in [-0.1, -0.05) is 39.0 Å². The molecule has 5 nitrogen and oxygen atoms in total. The number of nitrogens with one attached hydrogen (secondary N) is 1. The predicted molar refractivity (Wildman–Crippen MR) is 119 cm³/mol.